The van der Waals surface area contributed by atoms with Gasteiger partial charge < -0.3 is 24.7 Å². The summed E-state index contributed by atoms with van der Waals surface area (Å²) in [5.74, 6) is 2.09. The molecule has 0 heterocycles. The van der Waals surface area contributed by atoms with E-state index in [-0.39, 0.29) is 11.1 Å². The molecule has 5 nitrogen and oxygen atoms in total. The minimum atomic E-state index is -0.372. The lowest BCUT2D eigenvalue weighted by Crippen LogP contribution is -2.28. The van der Waals surface area contributed by atoms with Crippen LogP contribution in [-0.4, -0.2) is 32.4 Å². The van der Waals surface area contributed by atoms with E-state index in [0.717, 1.165) is 0 Å². The van der Waals surface area contributed by atoms with Crippen LogP contribution < -0.4 is 24.7 Å². The summed E-state index contributed by atoms with van der Waals surface area (Å²) in [5, 5.41) is 0. The number of nitrogens with two attached hydrogens (primary N) is 1. The first-order valence-corrected chi connectivity index (χ1v) is 5.70. The van der Waals surface area contributed by atoms with Gasteiger partial charge in [0.1, 0.15) is 16.8 Å². The molecular weight excluding hydrogens is 254 g/mol. The summed E-state index contributed by atoms with van der Waals surface area (Å²) in [6.45, 7) is 1.77. The normalized spacial score (nSPS) is 11.6. The van der Waals surface area contributed by atoms with Crippen LogP contribution in [0.15, 0.2) is 12.1 Å². The Morgan fingerprint density at radius 1 is 1.11 bits per heavy atom. The molecular formula is C12H17NO4S. The van der Waals surface area contributed by atoms with Crippen molar-refractivity contribution in [2.75, 3.05) is 21.3 Å². The Hall–Kier alpha value is -1.69. The van der Waals surface area contributed by atoms with Crippen LogP contribution in [-0.2, 0) is 0 Å². The lowest BCUT2D eigenvalue weighted by Gasteiger charge is -2.17. The minimum absolute atomic E-state index is 0.281. The smallest absolute Gasteiger partial charge is 0.203 e. The zero-order valence-corrected chi connectivity index (χ0v) is 11.7. The average molecular weight is 271 g/mol. The maximum Gasteiger partial charge on any atom is 0.203 e. The van der Waals surface area contributed by atoms with Gasteiger partial charge in [0.15, 0.2) is 11.5 Å². The topological polar surface area (TPSA) is 62.9 Å². The zero-order valence-electron chi connectivity index (χ0n) is 10.9. The fourth-order valence-electron chi connectivity index (χ4n) is 1.39. The number of hydrogen-bond donors (Lipinski definition) is 1. The molecule has 0 fully saturated rings. The summed E-state index contributed by atoms with van der Waals surface area (Å²) in [4.78, 5) is 0.281. The van der Waals surface area contributed by atoms with Gasteiger partial charge in [-0.3, -0.25) is 0 Å². The van der Waals surface area contributed by atoms with Crippen molar-refractivity contribution in [2.24, 2.45) is 5.73 Å². The first-order chi connectivity index (χ1) is 8.53. The molecule has 0 aromatic heterocycles. The van der Waals surface area contributed by atoms with Gasteiger partial charge in [-0.1, -0.05) is 12.2 Å². The molecule has 0 aliphatic carbocycles. The fraction of sp³-hybridized carbons (Fsp3) is 0.417. The van der Waals surface area contributed by atoms with Crippen molar-refractivity contribution in [2.45, 2.75) is 13.0 Å². The third-order valence-corrected chi connectivity index (χ3v) is 2.68. The van der Waals surface area contributed by atoms with Crippen LogP contribution in [0.2, 0.25) is 0 Å². The number of benzene rings is 1. The Bertz CT molecular complexity index is 411. The van der Waals surface area contributed by atoms with Crippen LogP contribution in [0.5, 0.6) is 23.0 Å². The molecule has 1 unspecified atom stereocenters. The molecule has 0 saturated heterocycles. The molecule has 1 aromatic rings. The summed E-state index contributed by atoms with van der Waals surface area (Å²) in [5.41, 5.74) is 5.50. The standard InChI is InChI=1S/C12H17NO4S/c1-7(12(13)18)17-8-5-9(14-2)11(16-4)10(6-8)15-3/h5-7H,1-4H3,(H2,13,18). The summed E-state index contributed by atoms with van der Waals surface area (Å²) in [7, 11) is 4.62. The molecule has 0 spiro atoms. The van der Waals surface area contributed by atoms with Gasteiger partial charge in [0.05, 0.1) is 21.3 Å². The predicted octanol–water partition coefficient (Wildman–Crippen LogP) is 1.77. The van der Waals surface area contributed by atoms with Gasteiger partial charge in [0.2, 0.25) is 5.75 Å². The van der Waals surface area contributed by atoms with Gasteiger partial charge in [0.25, 0.3) is 0 Å². The van der Waals surface area contributed by atoms with Crippen molar-refractivity contribution in [3.8, 4) is 23.0 Å². The molecule has 0 amide bonds. The molecule has 6 heteroatoms. The lowest BCUT2D eigenvalue weighted by atomic mass is 10.2. The quantitative estimate of drug-likeness (QED) is 0.796. The highest BCUT2D eigenvalue weighted by atomic mass is 32.1. The molecule has 1 aromatic carbocycles. The predicted molar refractivity (Wildman–Crippen MR) is 73.0 cm³/mol. The molecule has 0 aliphatic rings. The molecule has 1 rings (SSSR count). The highest BCUT2D eigenvalue weighted by Gasteiger charge is 2.15. The van der Waals surface area contributed by atoms with Crippen molar-refractivity contribution < 1.29 is 18.9 Å². The number of ether oxygens (including phenoxy) is 4. The zero-order chi connectivity index (χ0) is 13.7. The van der Waals surface area contributed by atoms with Crippen LogP contribution in [0.1, 0.15) is 6.92 Å². The van der Waals surface area contributed by atoms with Gasteiger partial charge in [-0.25, -0.2) is 0 Å². The van der Waals surface area contributed by atoms with E-state index in [4.69, 9.17) is 36.9 Å². The fourth-order valence-corrected chi connectivity index (χ4v) is 1.44. The van der Waals surface area contributed by atoms with Gasteiger partial charge >= 0.3 is 0 Å². The van der Waals surface area contributed by atoms with Crippen LogP contribution in [0.3, 0.4) is 0 Å². The maximum absolute atomic E-state index is 5.58. The Kier molecular flexibility index (Phi) is 5.03. The largest absolute Gasteiger partial charge is 0.493 e. The van der Waals surface area contributed by atoms with Crippen molar-refractivity contribution in [1.82, 2.24) is 0 Å². The van der Waals surface area contributed by atoms with Crippen LogP contribution in [0.25, 0.3) is 0 Å². The van der Waals surface area contributed by atoms with Crippen LogP contribution >= 0.6 is 12.2 Å². The summed E-state index contributed by atoms with van der Waals surface area (Å²) >= 11 is 4.85. The molecule has 0 radical (unpaired) electrons. The Balaban J connectivity index is 3.11. The van der Waals surface area contributed by atoms with E-state index in [1.807, 2.05) is 0 Å². The maximum atomic E-state index is 5.58. The first-order valence-electron chi connectivity index (χ1n) is 5.29. The summed E-state index contributed by atoms with van der Waals surface area (Å²) in [6, 6.07) is 3.38. The van der Waals surface area contributed by atoms with Gasteiger partial charge in [-0.05, 0) is 6.92 Å². The number of thiocarbonyl (C=S) groups is 1. The molecule has 0 saturated carbocycles. The van der Waals surface area contributed by atoms with Gasteiger partial charge in [-0.2, -0.15) is 0 Å². The highest BCUT2D eigenvalue weighted by molar-refractivity contribution is 7.80. The van der Waals surface area contributed by atoms with Gasteiger partial charge in [-0.15, -0.1) is 0 Å². The molecule has 100 valence electrons. The third-order valence-electron chi connectivity index (χ3n) is 2.35. The van der Waals surface area contributed by atoms with Crippen LogP contribution in [0.4, 0.5) is 0 Å². The van der Waals surface area contributed by atoms with E-state index in [9.17, 15) is 0 Å². The van der Waals surface area contributed by atoms with E-state index >= 15 is 0 Å². The third kappa shape index (κ3) is 3.16. The van der Waals surface area contributed by atoms with E-state index in [2.05, 4.69) is 0 Å². The number of hydrogen-bond acceptors (Lipinski definition) is 5. The second-order valence-corrected chi connectivity index (χ2v) is 3.99. The molecule has 0 bridgehead atoms. The summed E-state index contributed by atoms with van der Waals surface area (Å²) in [6.07, 6.45) is -0.372. The Morgan fingerprint density at radius 3 is 1.94 bits per heavy atom. The Labute approximate surface area is 112 Å². The minimum Gasteiger partial charge on any atom is -0.493 e. The van der Waals surface area contributed by atoms with Crippen molar-refractivity contribution in [1.29, 1.82) is 0 Å². The summed E-state index contributed by atoms with van der Waals surface area (Å²) < 4.78 is 21.2. The van der Waals surface area contributed by atoms with Crippen molar-refractivity contribution in [3.63, 3.8) is 0 Å². The number of rotatable bonds is 6. The van der Waals surface area contributed by atoms with E-state index in [1.165, 1.54) is 14.2 Å². The molecule has 18 heavy (non-hydrogen) atoms. The van der Waals surface area contributed by atoms with E-state index in [1.54, 1.807) is 26.2 Å². The van der Waals surface area contributed by atoms with Crippen molar-refractivity contribution in [3.05, 3.63) is 12.1 Å². The lowest BCUT2D eigenvalue weighted by molar-refractivity contribution is 0.278. The second-order valence-electron chi connectivity index (χ2n) is 3.52. The SMILES string of the molecule is COc1cc(OC(C)C(N)=S)cc(OC)c1OC. The first kappa shape index (κ1) is 14.4. The Morgan fingerprint density at radius 2 is 1.61 bits per heavy atom. The number of methoxy groups -OCH3 is 3. The molecule has 0 aliphatic heterocycles. The van der Waals surface area contributed by atoms with E-state index < -0.39 is 0 Å². The van der Waals surface area contributed by atoms with Gasteiger partial charge in [0, 0.05) is 12.1 Å². The molecule has 1 atom stereocenters. The van der Waals surface area contributed by atoms with Crippen molar-refractivity contribution >= 4 is 17.2 Å². The monoisotopic (exact) mass is 271 g/mol. The average Bonchev–Trinajstić information content (AvgIpc) is 2.37. The van der Waals surface area contributed by atoms with E-state index in [0.29, 0.717) is 23.0 Å². The van der Waals surface area contributed by atoms with Crippen LogP contribution in [0, 0.1) is 0 Å². The molecule has 2 N–H and O–H groups in total. The highest BCUT2D eigenvalue weighted by Crippen LogP contribution is 2.40. The second kappa shape index (κ2) is 6.30.